The molecule has 0 unspecified atom stereocenters. The van der Waals surface area contributed by atoms with E-state index in [0.717, 1.165) is 16.8 Å². The van der Waals surface area contributed by atoms with Gasteiger partial charge in [-0.25, -0.2) is 0 Å². The molecule has 1 rings (SSSR count). The lowest BCUT2D eigenvalue weighted by Gasteiger charge is -2.02. The molecule has 0 aliphatic carbocycles. The molecule has 0 heterocycles. The molecular formula is C10H11N. The molecule has 1 heteroatoms. The normalized spacial score (nSPS) is 9.18. The summed E-state index contributed by atoms with van der Waals surface area (Å²) in [5, 5.41) is 0. The van der Waals surface area contributed by atoms with E-state index in [-0.39, 0.29) is 0 Å². The maximum atomic E-state index is 3.92. The van der Waals surface area contributed by atoms with Crippen LogP contribution in [0.3, 0.4) is 0 Å². The van der Waals surface area contributed by atoms with Crippen molar-refractivity contribution in [3.63, 3.8) is 0 Å². The summed E-state index contributed by atoms with van der Waals surface area (Å²) in [6.07, 6.45) is 1.79. The smallest absolute Gasteiger partial charge is 0.0723 e. The van der Waals surface area contributed by atoms with Gasteiger partial charge in [0.25, 0.3) is 0 Å². The molecule has 0 fully saturated rings. The van der Waals surface area contributed by atoms with Gasteiger partial charge in [0.15, 0.2) is 0 Å². The summed E-state index contributed by atoms with van der Waals surface area (Å²) in [5.74, 6) is 0. The van der Waals surface area contributed by atoms with Crippen LogP contribution in [-0.2, 0) is 0 Å². The molecule has 0 bridgehead atoms. The summed E-state index contributed by atoms with van der Waals surface area (Å²) in [5.41, 5.74) is 3.11. The minimum Gasteiger partial charge on any atom is -0.264 e. The van der Waals surface area contributed by atoms with Gasteiger partial charge in [-0.05, 0) is 24.8 Å². The second-order valence-corrected chi connectivity index (χ2v) is 2.37. The van der Waals surface area contributed by atoms with Crippen LogP contribution in [0.4, 0.5) is 5.69 Å². The number of para-hydroxylation sites is 1. The Labute approximate surface area is 67.1 Å². The quantitative estimate of drug-likeness (QED) is 0.567. The summed E-state index contributed by atoms with van der Waals surface area (Å²) >= 11 is 0. The van der Waals surface area contributed by atoms with Crippen LogP contribution >= 0.6 is 0 Å². The fourth-order valence-corrected chi connectivity index (χ4v) is 1.06. The lowest BCUT2D eigenvalue weighted by Crippen LogP contribution is -1.77. The first kappa shape index (κ1) is 7.73. The van der Waals surface area contributed by atoms with Gasteiger partial charge in [0, 0.05) is 0 Å². The van der Waals surface area contributed by atoms with Crippen molar-refractivity contribution in [2.45, 2.75) is 6.92 Å². The summed E-state index contributed by atoms with van der Waals surface area (Å²) in [7, 11) is 0. The molecular weight excluding hydrogens is 134 g/mol. The second kappa shape index (κ2) is 3.15. The number of rotatable bonds is 2. The predicted octanol–water partition coefficient (Wildman–Crippen LogP) is 2.97. The van der Waals surface area contributed by atoms with Gasteiger partial charge in [-0.1, -0.05) is 30.9 Å². The largest absolute Gasteiger partial charge is 0.264 e. The molecule has 11 heavy (non-hydrogen) atoms. The van der Waals surface area contributed by atoms with E-state index < -0.39 is 0 Å². The van der Waals surface area contributed by atoms with Gasteiger partial charge in [0.2, 0.25) is 0 Å². The van der Waals surface area contributed by atoms with Crippen molar-refractivity contribution in [3.8, 4) is 0 Å². The third kappa shape index (κ3) is 1.37. The SMILES string of the molecule is C=Cc1cccc(C)c1N=C. The van der Waals surface area contributed by atoms with Crippen molar-refractivity contribution >= 4 is 18.5 Å². The van der Waals surface area contributed by atoms with Crippen molar-refractivity contribution in [2.24, 2.45) is 4.99 Å². The Morgan fingerprint density at radius 3 is 2.64 bits per heavy atom. The molecule has 0 radical (unpaired) electrons. The third-order valence-electron chi connectivity index (χ3n) is 1.65. The Bertz CT molecular complexity index is 287. The van der Waals surface area contributed by atoms with Crippen LogP contribution in [0.25, 0.3) is 6.08 Å². The lowest BCUT2D eigenvalue weighted by atomic mass is 10.1. The molecule has 0 N–H and O–H groups in total. The Hall–Kier alpha value is -1.37. The van der Waals surface area contributed by atoms with Gasteiger partial charge in [-0.15, -0.1) is 0 Å². The van der Waals surface area contributed by atoms with E-state index in [0.29, 0.717) is 0 Å². The molecule has 0 aliphatic rings. The Morgan fingerprint density at radius 2 is 2.18 bits per heavy atom. The zero-order valence-corrected chi connectivity index (χ0v) is 6.67. The van der Waals surface area contributed by atoms with E-state index in [2.05, 4.69) is 18.3 Å². The highest BCUT2D eigenvalue weighted by molar-refractivity contribution is 5.67. The van der Waals surface area contributed by atoms with Crippen molar-refractivity contribution in [3.05, 3.63) is 35.9 Å². The summed E-state index contributed by atoms with van der Waals surface area (Å²) in [6.45, 7) is 9.21. The number of aryl methyl sites for hydroxylation is 1. The van der Waals surface area contributed by atoms with E-state index in [1.165, 1.54) is 0 Å². The van der Waals surface area contributed by atoms with Gasteiger partial charge in [0.05, 0.1) is 5.69 Å². The van der Waals surface area contributed by atoms with Crippen LogP contribution in [0.15, 0.2) is 29.8 Å². The first-order valence-electron chi connectivity index (χ1n) is 3.48. The molecule has 0 spiro atoms. The molecule has 56 valence electrons. The number of aliphatic imine (C=N–C) groups is 1. The summed E-state index contributed by atoms with van der Waals surface area (Å²) < 4.78 is 0. The number of hydrogen-bond acceptors (Lipinski definition) is 1. The van der Waals surface area contributed by atoms with E-state index in [9.17, 15) is 0 Å². The van der Waals surface area contributed by atoms with Crippen LogP contribution in [0, 0.1) is 6.92 Å². The Morgan fingerprint density at radius 1 is 1.45 bits per heavy atom. The third-order valence-corrected chi connectivity index (χ3v) is 1.65. The number of nitrogens with zero attached hydrogens (tertiary/aromatic N) is 1. The van der Waals surface area contributed by atoms with Crippen LogP contribution in [0.5, 0.6) is 0 Å². The van der Waals surface area contributed by atoms with Crippen LogP contribution in [0.1, 0.15) is 11.1 Å². The minimum absolute atomic E-state index is 0.933. The first-order valence-corrected chi connectivity index (χ1v) is 3.48. The highest BCUT2D eigenvalue weighted by Gasteiger charge is 1.97. The highest BCUT2D eigenvalue weighted by Crippen LogP contribution is 2.23. The summed E-state index contributed by atoms with van der Waals surface area (Å²) in [6, 6.07) is 5.97. The molecule has 0 aliphatic heterocycles. The standard InChI is InChI=1S/C10H11N/c1-4-9-7-5-6-8(2)10(9)11-3/h4-7H,1,3H2,2H3. The molecule has 0 saturated carbocycles. The van der Waals surface area contributed by atoms with Gasteiger partial charge in [0.1, 0.15) is 0 Å². The van der Waals surface area contributed by atoms with Gasteiger partial charge in [-0.3, -0.25) is 4.99 Å². The van der Waals surface area contributed by atoms with Crippen LogP contribution < -0.4 is 0 Å². The number of hydrogen-bond donors (Lipinski definition) is 0. The van der Waals surface area contributed by atoms with Crippen molar-refractivity contribution in [1.82, 2.24) is 0 Å². The topological polar surface area (TPSA) is 12.4 Å². The second-order valence-electron chi connectivity index (χ2n) is 2.37. The van der Waals surface area contributed by atoms with Crippen LogP contribution in [0.2, 0.25) is 0 Å². The number of benzene rings is 1. The van der Waals surface area contributed by atoms with E-state index >= 15 is 0 Å². The van der Waals surface area contributed by atoms with E-state index in [1.807, 2.05) is 25.1 Å². The first-order chi connectivity index (χ1) is 5.29. The average molecular weight is 145 g/mol. The average Bonchev–Trinajstić information content (AvgIpc) is 2.04. The van der Waals surface area contributed by atoms with Gasteiger partial charge < -0.3 is 0 Å². The molecule has 0 aromatic heterocycles. The fourth-order valence-electron chi connectivity index (χ4n) is 1.06. The molecule has 0 amide bonds. The Kier molecular flexibility index (Phi) is 2.21. The van der Waals surface area contributed by atoms with Crippen LogP contribution in [-0.4, -0.2) is 6.72 Å². The van der Waals surface area contributed by atoms with E-state index in [4.69, 9.17) is 0 Å². The molecule has 0 saturated heterocycles. The maximum Gasteiger partial charge on any atom is 0.0723 e. The highest BCUT2D eigenvalue weighted by atomic mass is 14.7. The Balaban J connectivity index is 3.35. The van der Waals surface area contributed by atoms with Gasteiger partial charge in [-0.2, -0.15) is 0 Å². The molecule has 1 aromatic carbocycles. The zero-order valence-electron chi connectivity index (χ0n) is 6.67. The van der Waals surface area contributed by atoms with E-state index in [1.54, 1.807) is 6.08 Å². The molecule has 0 atom stereocenters. The predicted molar refractivity (Wildman–Crippen MR) is 50.5 cm³/mol. The van der Waals surface area contributed by atoms with Crippen molar-refractivity contribution in [1.29, 1.82) is 0 Å². The van der Waals surface area contributed by atoms with Gasteiger partial charge >= 0.3 is 0 Å². The fraction of sp³-hybridized carbons (Fsp3) is 0.100. The van der Waals surface area contributed by atoms with Crippen molar-refractivity contribution in [2.75, 3.05) is 0 Å². The minimum atomic E-state index is 0.933. The maximum absolute atomic E-state index is 3.92. The van der Waals surface area contributed by atoms with Crippen molar-refractivity contribution < 1.29 is 0 Å². The lowest BCUT2D eigenvalue weighted by molar-refractivity contribution is 1.40. The molecule has 1 nitrogen and oxygen atoms in total. The summed E-state index contributed by atoms with van der Waals surface area (Å²) in [4.78, 5) is 3.92. The zero-order chi connectivity index (χ0) is 8.27. The monoisotopic (exact) mass is 145 g/mol. The molecule has 1 aromatic rings.